The molecule has 0 bridgehead atoms. The lowest BCUT2D eigenvalue weighted by molar-refractivity contribution is 0.0932. The van der Waals surface area contributed by atoms with Crippen LogP contribution in [0.5, 0.6) is 5.75 Å². The largest absolute Gasteiger partial charge is 0.497 e. The van der Waals surface area contributed by atoms with Crippen LogP contribution in [0, 0.1) is 0 Å². The van der Waals surface area contributed by atoms with Gasteiger partial charge < -0.3 is 9.84 Å². The van der Waals surface area contributed by atoms with Gasteiger partial charge in [0.2, 0.25) is 0 Å². The van der Waals surface area contributed by atoms with Crippen LogP contribution in [-0.2, 0) is 0 Å². The van der Waals surface area contributed by atoms with Crippen molar-refractivity contribution in [2.45, 2.75) is 19.2 Å². The maximum atomic E-state index is 13.3. The van der Waals surface area contributed by atoms with Crippen molar-refractivity contribution >= 4 is 0 Å². The summed E-state index contributed by atoms with van der Waals surface area (Å²) >= 11 is 0. The Morgan fingerprint density at radius 3 is 2.69 bits per heavy atom. The van der Waals surface area contributed by atoms with Crippen molar-refractivity contribution in [3.05, 3.63) is 29.8 Å². The number of alkyl halides is 1. The van der Waals surface area contributed by atoms with E-state index in [1.807, 2.05) is 0 Å². The highest BCUT2D eigenvalue weighted by molar-refractivity contribution is 5.30. The second-order valence-electron chi connectivity index (χ2n) is 2.92. The topological polar surface area (TPSA) is 29.5 Å². The first-order valence-electron chi connectivity index (χ1n) is 4.11. The Kier molecular flexibility index (Phi) is 3.25. The molecule has 1 rings (SSSR count). The number of aliphatic hydroxyl groups excluding tert-OH is 1. The lowest BCUT2D eigenvalue weighted by Gasteiger charge is -2.11. The molecule has 0 spiro atoms. The average Bonchev–Trinajstić information content (AvgIpc) is 2.16. The van der Waals surface area contributed by atoms with Crippen LogP contribution < -0.4 is 4.74 Å². The number of aliphatic hydroxyl groups is 1. The molecule has 72 valence electrons. The molecule has 0 heterocycles. The van der Waals surface area contributed by atoms with Crippen LogP contribution in [0.3, 0.4) is 0 Å². The molecule has 1 aromatic rings. The summed E-state index contributed by atoms with van der Waals surface area (Å²) in [5.74, 6) is 0.598. The summed E-state index contributed by atoms with van der Waals surface area (Å²) in [6.07, 6.45) is -2.35. The summed E-state index contributed by atoms with van der Waals surface area (Å²) in [5, 5.41) is 9.02. The fraction of sp³-hybridized carbons (Fsp3) is 0.400. The highest BCUT2D eigenvalue weighted by Gasteiger charge is 2.15. The summed E-state index contributed by atoms with van der Waals surface area (Å²) < 4.78 is 18.2. The van der Waals surface area contributed by atoms with Gasteiger partial charge in [-0.25, -0.2) is 4.39 Å². The molecule has 0 aliphatic rings. The average molecular weight is 184 g/mol. The zero-order valence-electron chi connectivity index (χ0n) is 7.70. The van der Waals surface area contributed by atoms with Gasteiger partial charge in [-0.05, 0) is 24.6 Å². The quantitative estimate of drug-likeness (QED) is 0.779. The zero-order valence-corrected chi connectivity index (χ0v) is 7.70. The van der Waals surface area contributed by atoms with Gasteiger partial charge in [0.25, 0.3) is 0 Å². The van der Waals surface area contributed by atoms with Crippen molar-refractivity contribution in [2.75, 3.05) is 7.11 Å². The van der Waals surface area contributed by atoms with E-state index in [-0.39, 0.29) is 0 Å². The number of ether oxygens (including phenoxy) is 1. The Bertz CT molecular complexity index is 273. The minimum atomic E-state index is -1.35. The molecule has 0 aliphatic heterocycles. The molecule has 13 heavy (non-hydrogen) atoms. The Balaban J connectivity index is 2.88. The molecule has 0 radical (unpaired) electrons. The molecule has 0 amide bonds. The van der Waals surface area contributed by atoms with Crippen molar-refractivity contribution in [2.24, 2.45) is 0 Å². The molecule has 1 aromatic carbocycles. The lowest BCUT2D eigenvalue weighted by Crippen LogP contribution is -2.09. The molecule has 0 fully saturated rings. The lowest BCUT2D eigenvalue weighted by atomic mass is 10.1. The molecule has 0 aliphatic carbocycles. The van der Waals surface area contributed by atoms with E-state index in [9.17, 15) is 4.39 Å². The third-order valence-electron chi connectivity index (χ3n) is 1.84. The third-order valence-corrected chi connectivity index (χ3v) is 1.84. The SMILES string of the molecule is COc1cccc([C@@H](F)[C@@H](C)O)c1. The van der Waals surface area contributed by atoms with E-state index in [1.165, 1.54) is 14.0 Å². The van der Waals surface area contributed by atoms with Crippen LogP contribution in [0.25, 0.3) is 0 Å². The summed E-state index contributed by atoms with van der Waals surface area (Å²) in [6.45, 7) is 1.42. The number of halogens is 1. The minimum absolute atomic E-state index is 0.439. The Labute approximate surface area is 77.0 Å². The number of hydrogen-bond donors (Lipinski definition) is 1. The highest BCUT2D eigenvalue weighted by atomic mass is 19.1. The van der Waals surface area contributed by atoms with E-state index in [4.69, 9.17) is 9.84 Å². The molecule has 2 atom stereocenters. The zero-order chi connectivity index (χ0) is 9.84. The molecule has 0 saturated heterocycles. The minimum Gasteiger partial charge on any atom is -0.497 e. The van der Waals surface area contributed by atoms with Crippen LogP contribution in [0.1, 0.15) is 18.7 Å². The van der Waals surface area contributed by atoms with Crippen LogP contribution >= 0.6 is 0 Å². The van der Waals surface area contributed by atoms with Crippen LogP contribution in [0.4, 0.5) is 4.39 Å². The monoisotopic (exact) mass is 184 g/mol. The first-order chi connectivity index (χ1) is 6.15. The van der Waals surface area contributed by atoms with Crippen LogP contribution in [0.2, 0.25) is 0 Å². The predicted octanol–water partition coefficient (Wildman–Crippen LogP) is 2.09. The van der Waals surface area contributed by atoms with E-state index in [2.05, 4.69) is 0 Å². The summed E-state index contributed by atoms with van der Waals surface area (Å²) in [5.41, 5.74) is 0.439. The fourth-order valence-electron chi connectivity index (χ4n) is 1.09. The third kappa shape index (κ3) is 2.42. The van der Waals surface area contributed by atoms with Crippen LogP contribution in [0.15, 0.2) is 24.3 Å². The normalized spacial score (nSPS) is 15.1. The van der Waals surface area contributed by atoms with Crippen molar-refractivity contribution in [3.63, 3.8) is 0 Å². The highest BCUT2D eigenvalue weighted by Crippen LogP contribution is 2.24. The second-order valence-corrected chi connectivity index (χ2v) is 2.92. The van der Waals surface area contributed by atoms with Gasteiger partial charge in [0.05, 0.1) is 13.2 Å². The van der Waals surface area contributed by atoms with Gasteiger partial charge in [0.15, 0.2) is 6.17 Å². The van der Waals surface area contributed by atoms with E-state index in [0.29, 0.717) is 11.3 Å². The van der Waals surface area contributed by atoms with Gasteiger partial charge in [0, 0.05) is 0 Å². The Morgan fingerprint density at radius 2 is 2.15 bits per heavy atom. The molecule has 3 heteroatoms. The van der Waals surface area contributed by atoms with Crippen molar-refractivity contribution < 1.29 is 14.2 Å². The Hall–Kier alpha value is -1.09. The first-order valence-corrected chi connectivity index (χ1v) is 4.11. The standard InChI is InChI=1S/C10H13FO2/c1-7(12)10(11)8-4-3-5-9(6-8)13-2/h3-7,10,12H,1-2H3/t7-,10+/m1/s1. The van der Waals surface area contributed by atoms with Crippen molar-refractivity contribution in [1.82, 2.24) is 0 Å². The molecule has 2 nitrogen and oxygen atoms in total. The van der Waals surface area contributed by atoms with Gasteiger partial charge in [0.1, 0.15) is 5.75 Å². The van der Waals surface area contributed by atoms with Gasteiger partial charge in [-0.3, -0.25) is 0 Å². The molecular formula is C10H13FO2. The number of benzene rings is 1. The van der Waals surface area contributed by atoms with Crippen molar-refractivity contribution in [1.29, 1.82) is 0 Å². The smallest absolute Gasteiger partial charge is 0.151 e. The molecule has 0 saturated carbocycles. The Morgan fingerprint density at radius 1 is 1.46 bits per heavy atom. The molecule has 0 aromatic heterocycles. The van der Waals surface area contributed by atoms with Gasteiger partial charge in [-0.2, -0.15) is 0 Å². The van der Waals surface area contributed by atoms with Crippen molar-refractivity contribution in [3.8, 4) is 5.75 Å². The van der Waals surface area contributed by atoms with Gasteiger partial charge in [-0.15, -0.1) is 0 Å². The maximum Gasteiger partial charge on any atom is 0.151 e. The fourth-order valence-corrected chi connectivity index (χ4v) is 1.09. The predicted molar refractivity (Wildman–Crippen MR) is 48.5 cm³/mol. The van der Waals surface area contributed by atoms with Crippen LogP contribution in [-0.4, -0.2) is 18.3 Å². The first kappa shape index (κ1) is 9.99. The second kappa shape index (κ2) is 4.23. The molecular weight excluding hydrogens is 171 g/mol. The van der Waals surface area contributed by atoms with E-state index >= 15 is 0 Å². The molecule has 0 unspecified atom stereocenters. The van der Waals surface area contributed by atoms with E-state index in [1.54, 1.807) is 24.3 Å². The van der Waals surface area contributed by atoms with Gasteiger partial charge >= 0.3 is 0 Å². The maximum absolute atomic E-state index is 13.3. The number of rotatable bonds is 3. The summed E-state index contributed by atoms with van der Waals surface area (Å²) in [6, 6.07) is 6.64. The van der Waals surface area contributed by atoms with Gasteiger partial charge in [-0.1, -0.05) is 12.1 Å². The summed E-state index contributed by atoms with van der Waals surface area (Å²) in [4.78, 5) is 0. The van der Waals surface area contributed by atoms with E-state index in [0.717, 1.165) is 0 Å². The number of hydrogen-bond acceptors (Lipinski definition) is 2. The molecule has 1 N–H and O–H groups in total. The van der Waals surface area contributed by atoms with E-state index < -0.39 is 12.3 Å². The number of methoxy groups -OCH3 is 1. The summed E-state index contributed by atoms with van der Waals surface area (Å²) in [7, 11) is 1.52.